The number of nitrogen functional groups attached to an aromatic ring is 1. The van der Waals surface area contributed by atoms with Crippen molar-refractivity contribution in [3.63, 3.8) is 0 Å². The largest absolute Gasteiger partial charge is 0.397 e. The van der Waals surface area contributed by atoms with Gasteiger partial charge in [-0.15, -0.1) is 11.3 Å². The molecule has 90 valence electrons. The van der Waals surface area contributed by atoms with Gasteiger partial charge in [0.2, 0.25) is 0 Å². The van der Waals surface area contributed by atoms with E-state index in [0.717, 1.165) is 17.9 Å². The first-order valence-corrected chi connectivity index (χ1v) is 6.54. The first kappa shape index (κ1) is 12.0. The Balaban J connectivity index is 2.09. The lowest BCUT2D eigenvalue weighted by Gasteiger charge is -2.09. The Kier molecular flexibility index (Phi) is 3.38. The normalized spacial score (nSPS) is 10.5. The van der Waals surface area contributed by atoms with Crippen molar-refractivity contribution in [2.24, 2.45) is 0 Å². The summed E-state index contributed by atoms with van der Waals surface area (Å²) in [5, 5.41) is 3.40. The van der Waals surface area contributed by atoms with Crippen LogP contribution in [0, 0.1) is 20.8 Å². The van der Waals surface area contributed by atoms with E-state index < -0.39 is 0 Å². The van der Waals surface area contributed by atoms with Crippen LogP contribution >= 0.6 is 11.3 Å². The maximum atomic E-state index is 5.93. The van der Waals surface area contributed by atoms with Crippen LogP contribution in [0.3, 0.4) is 0 Å². The summed E-state index contributed by atoms with van der Waals surface area (Å²) < 4.78 is 0. The smallest absolute Gasteiger partial charge is 0.0579 e. The number of rotatable bonds is 3. The molecule has 0 saturated carbocycles. The van der Waals surface area contributed by atoms with E-state index >= 15 is 0 Å². The van der Waals surface area contributed by atoms with Crippen molar-refractivity contribution in [2.45, 2.75) is 27.3 Å². The van der Waals surface area contributed by atoms with E-state index in [1.54, 1.807) is 0 Å². The maximum absolute atomic E-state index is 5.93. The zero-order valence-corrected chi connectivity index (χ0v) is 11.3. The first-order chi connectivity index (χ1) is 8.06. The molecule has 0 bridgehead atoms. The molecule has 0 aliphatic rings. The van der Waals surface area contributed by atoms with E-state index in [-0.39, 0.29) is 0 Å². The van der Waals surface area contributed by atoms with Crippen LogP contribution in [0.5, 0.6) is 0 Å². The fraction of sp³-hybridized carbons (Fsp3) is 0.286. The Morgan fingerprint density at radius 1 is 1.18 bits per heavy atom. The van der Waals surface area contributed by atoms with Crippen LogP contribution in [0.4, 0.5) is 11.4 Å². The molecule has 2 rings (SSSR count). The molecule has 0 aliphatic carbocycles. The molecule has 0 amide bonds. The number of hydrogen-bond donors (Lipinski definition) is 2. The summed E-state index contributed by atoms with van der Waals surface area (Å²) in [7, 11) is 0. The van der Waals surface area contributed by atoms with Gasteiger partial charge in [0, 0.05) is 16.3 Å². The second-order valence-corrected chi connectivity index (χ2v) is 5.74. The van der Waals surface area contributed by atoms with Gasteiger partial charge < -0.3 is 11.1 Å². The third-order valence-electron chi connectivity index (χ3n) is 2.88. The zero-order chi connectivity index (χ0) is 12.4. The number of benzene rings is 1. The predicted octanol–water partition coefficient (Wildman–Crippen LogP) is 3.87. The monoisotopic (exact) mass is 246 g/mol. The second-order valence-electron chi connectivity index (χ2n) is 4.40. The van der Waals surface area contributed by atoms with Crippen molar-refractivity contribution >= 4 is 22.7 Å². The summed E-state index contributed by atoms with van der Waals surface area (Å²) in [5.41, 5.74) is 10.3. The van der Waals surface area contributed by atoms with Gasteiger partial charge in [-0.1, -0.05) is 6.07 Å². The standard InChI is InChI=1S/C14H18N2S/c1-9-4-5-13(15)14(6-9)16-8-12-7-10(2)11(3)17-12/h4-7,16H,8,15H2,1-3H3. The lowest BCUT2D eigenvalue weighted by molar-refractivity contribution is 1.19. The fourth-order valence-electron chi connectivity index (χ4n) is 1.74. The summed E-state index contributed by atoms with van der Waals surface area (Å²) >= 11 is 1.84. The summed E-state index contributed by atoms with van der Waals surface area (Å²) in [5.74, 6) is 0. The van der Waals surface area contributed by atoms with Crippen molar-refractivity contribution in [3.8, 4) is 0 Å². The molecule has 0 aliphatic heterocycles. The van der Waals surface area contributed by atoms with Gasteiger partial charge >= 0.3 is 0 Å². The summed E-state index contributed by atoms with van der Waals surface area (Å²) in [6.45, 7) is 7.22. The van der Waals surface area contributed by atoms with E-state index in [9.17, 15) is 0 Å². The Morgan fingerprint density at radius 3 is 2.59 bits per heavy atom. The molecule has 0 atom stereocenters. The molecule has 0 saturated heterocycles. The summed E-state index contributed by atoms with van der Waals surface area (Å²) in [6.07, 6.45) is 0. The van der Waals surface area contributed by atoms with E-state index in [1.165, 1.54) is 20.9 Å². The number of hydrogen-bond acceptors (Lipinski definition) is 3. The topological polar surface area (TPSA) is 38.0 Å². The van der Waals surface area contributed by atoms with Crippen LogP contribution in [0.25, 0.3) is 0 Å². The third-order valence-corrected chi connectivity index (χ3v) is 4.03. The number of nitrogens with two attached hydrogens (primary N) is 1. The Morgan fingerprint density at radius 2 is 1.94 bits per heavy atom. The van der Waals surface area contributed by atoms with E-state index in [0.29, 0.717) is 0 Å². The lowest BCUT2D eigenvalue weighted by Crippen LogP contribution is -2.01. The molecule has 1 aromatic heterocycles. The van der Waals surface area contributed by atoms with Crippen molar-refractivity contribution in [1.82, 2.24) is 0 Å². The van der Waals surface area contributed by atoms with Crippen molar-refractivity contribution in [2.75, 3.05) is 11.1 Å². The van der Waals surface area contributed by atoms with Crippen LogP contribution in [0.2, 0.25) is 0 Å². The molecule has 0 radical (unpaired) electrons. The van der Waals surface area contributed by atoms with Crippen LogP contribution < -0.4 is 11.1 Å². The van der Waals surface area contributed by atoms with Crippen molar-refractivity contribution in [1.29, 1.82) is 0 Å². The van der Waals surface area contributed by atoms with Crippen LogP contribution in [-0.2, 0) is 6.54 Å². The molecule has 3 heteroatoms. The number of nitrogens with one attached hydrogen (secondary N) is 1. The van der Waals surface area contributed by atoms with Gasteiger partial charge in [0.15, 0.2) is 0 Å². The van der Waals surface area contributed by atoms with Gasteiger partial charge in [-0.3, -0.25) is 0 Å². The molecule has 0 fully saturated rings. The average Bonchev–Trinajstić information content (AvgIpc) is 2.60. The minimum absolute atomic E-state index is 0.806. The molecule has 1 heterocycles. The predicted molar refractivity (Wildman–Crippen MR) is 76.7 cm³/mol. The van der Waals surface area contributed by atoms with Crippen LogP contribution in [0.15, 0.2) is 24.3 Å². The molecule has 1 aromatic carbocycles. The molecular formula is C14H18N2S. The molecule has 0 spiro atoms. The second kappa shape index (κ2) is 4.80. The zero-order valence-electron chi connectivity index (χ0n) is 10.5. The summed E-state index contributed by atoms with van der Waals surface area (Å²) in [4.78, 5) is 2.74. The lowest BCUT2D eigenvalue weighted by atomic mass is 10.2. The molecular weight excluding hydrogens is 228 g/mol. The average molecular weight is 246 g/mol. The minimum atomic E-state index is 0.806. The first-order valence-electron chi connectivity index (χ1n) is 5.72. The molecule has 0 unspecified atom stereocenters. The minimum Gasteiger partial charge on any atom is -0.397 e. The van der Waals surface area contributed by atoms with Gasteiger partial charge in [-0.25, -0.2) is 0 Å². The third kappa shape index (κ3) is 2.80. The van der Waals surface area contributed by atoms with Crippen molar-refractivity contribution in [3.05, 3.63) is 45.1 Å². The van der Waals surface area contributed by atoms with E-state index in [1.807, 2.05) is 23.5 Å². The number of anilines is 2. The van der Waals surface area contributed by atoms with Crippen LogP contribution in [0.1, 0.15) is 20.9 Å². The van der Waals surface area contributed by atoms with Gasteiger partial charge in [0.1, 0.15) is 0 Å². The van der Waals surface area contributed by atoms with Gasteiger partial charge in [0.25, 0.3) is 0 Å². The molecule has 2 aromatic rings. The van der Waals surface area contributed by atoms with E-state index in [4.69, 9.17) is 5.73 Å². The Labute approximate surface area is 106 Å². The van der Waals surface area contributed by atoms with Crippen LogP contribution in [-0.4, -0.2) is 0 Å². The van der Waals surface area contributed by atoms with E-state index in [2.05, 4.69) is 38.2 Å². The highest BCUT2D eigenvalue weighted by Gasteiger charge is 2.03. The SMILES string of the molecule is Cc1ccc(N)c(NCc2cc(C)c(C)s2)c1. The fourth-order valence-corrected chi connectivity index (χ4v) is 2.74. The highest BCUT2D eigenvalue weighted by Crippen LogP contribution is 2.24. The molecule has 3 N–H and O–H groups in total. The summed E-state index contributed by atoms with van der Waals surface area (Å²) in [6, 6.07) is 8.30. The molecule has 2 nitrogen and oxygen atoms in total. The molecule has 17 heavy (non-hydrogen) atoms. The quantitative estimate of drug-likeness (QED) is 0.807. The van der Waals surface area contributed by atoms with Gasteiger partial charge in [0.05, 0.1) is 11.4 Å². The number of thiophene rings is 1. The number of aryl methyl sites for hydroxylation is 3. The van der Waals surface area contributed by atoms with Gasteiger partial charge in [-0.05, 0) is 50.1 Å². The Bertz CT molecular complexity index is 510. The highest BCUT2D eigenvalue weighted by molar-refractivity contribution is 7.12. The Hall–Kier alpha value is -1.48. The highest BCUT2D eigenvalue weighted by atomic mass is 32.1. The maximum Gasteiger partial charge on any atom is 0.0579 e. The van der Waals surface area contributed by atoms with Crippen molar-refractivity contribution < 1.29 is 0 Å². The van der Waals surface area contributed by atoms with Gasteiger partial charge in [-0.2, -0.15) is 0 Å².